The number of para-hydroxylation sites is 1. The highest BCUT2D eigenvalue weighted by Gasteiger charge is 2.21. The summed E-state index contributed by atoms with van der Waals surface area (Å²) in [7, 11) is 0. The van der Waals surface area contributed by atoms with Crippen molar-refractivity contribution in [3.8, 4) is 5.69 Å². The summed E-state index contributed by atoms with van der Waals surface area (Å²) in [5.74, 6) is 0.407. The summed E-state index contributed by atoms with van der Waals surface area (Å²) in [6, 6.07) is 5.35. The van der Waals surface area contributed by atoms with Gasteiger partial charge in [-0.1, -0.05) is 17.7 Å². The first-order chi connectivity index (χ1) is 9.74. The van der Waals surface area contributed by atoms with Crippen molar-refractivity contribution in [2.75, 3.05) is 18.4 Å². The number of nitrogens with one attached hydrogen (secondary N) is 2. The van der Waals surface area contributed by atoms with E-state index in [0.29, 0.717) is 28.7 Å². The SMILES string of the molecule is O=C(CC1CNC1)Nc1cccc(Cl)c1-n1cncn1. The minimum Gasteiger partial charge on any atom is -0.324 e. The lowest BCUT2D eigenvalue weighted by Gasteiger charge is -2.26. The zero-order chi connectivity index (χ0) is 13.9. The van der Waals surface area contributed by atoms with E-state index >= 15 is 0 Å². The molecule has 6 nitrogen and oxygen atoms in total. The van der Waals surface area contributed by atoms with Gasteiger partial charge in [0.1, 0.15) is 18.3 Å². The smallest absolute Gasteiger partial charge is 0.224 e. The van der Waals surface area contributed by atoms with Crippen LogP contribution in [-0.2, 0) is 4.79 Å². The highest BCUT2D eigenvalue weighted by molar-refractivity contribution is 6.33. The lowest BCUT2D eigenvalue weighted by molar-refractivity contribution is -0.117. The van der Waals surface area contributed by atoms with Gasteiger partial charge in [0.05, 0.1) is 10.7 Å². The predicted octanol–water partition coefficient (Wildman–Crippen LogP) is 1.47. The molecular weight excluding hydrogens is 278 g/mol. The van der Waals surface area contributed by atoms with E-state index in [0.717, 1.165) is 13.1 Å². The molecule has 0 bridgehead atoms. The summed E-state index contributed by atoms with van der Waals surface area (Å²) < 4.78 is 1.54. The van der Waals surface area contributed by atoms with Gasteiger partial charge in [-0.25, -0.2) is 9.67 Å². The molecule has 0 unspecified atom stereocenters. The van der Waals surface area contributed by atoms with Crippen LogP contribution in [0.2, 0.25) is 5.02 Å². The molecule has 1 fully saturated rings. The van der Waals surface area contributed by atoms with Crippen LogP contribution in [-0.4, -0.2) is 33.8 Å². The van der Waals surface area contributed by atoms with Crippen molar-refractivity contribution in [3.05, 3.63) is 35.9 Å². The number of amides is 1. The number of hydrogen-bond acceptors (Lipinski definition) is 4. The predicted molar refractivity (Wildman–Crippen MR) is 76.0 cm³/mol. The molecule has 1 aliphatic heterocycles. The molecule has 3 rings (SSSR count). The summed E-state index contributed by atoms with van der Waals surface area (Å²) in [6.07, 6.45) is 3.48. The Bertz CT molecular complexity index is 609. The first-order valence-electron chi connectivity index (χ1n) is 6.38. The lowest BCUT2D eigenvalue weighted by Crippen LogP contribution is -2.43. The molecule has 1 aromatic carbocycles. The van der Waals surface area contributed by atoms with Crippen LogP contribution < -0.4 is 10.6 Å². The number of aromatic nitrogens is 3. The molecule has 0 aliphatic carbocycles. The molecule has 20 heavy (non-hydrogen) atoms. The van der Waals surface area contributed by atoms with Crippen molar-refractivity contribution in [3.63, 3.8) is 0 Å². The van der Waals surface area contributed by atoms with Crippen molar-refractivity contribution in [1.82, 2.24) is 20.1 Å². The van der Waals surface area contributed by atoms with Gasteiger partial charge in [-0.05, 0) is 31.1 Å². The Labute approximate surface area is 121 Å². The molecular formula is C13H14ClN5O. The number of anilines is 1. The number of rotatable bonds is 4. The Hall–Kier alpha value is -1.92. The second kappa shape index (κ2) is 5.60. The molecule has 0 radical (unpaired) electrons. The van der Waals surface area contributed by atoms with Gasteiger partial charge < -0.3 is 10.6 Å². The van der Waals surface area contributed by atoms with Gasteiger partial charge in [0.2, 0.25) is 5.91 Å². The average Bonchev–Trinajstić information content (AvgIpc) is 2.88. The summed E-state index contributed by atoms with van der Waals surface area (Å²) >= 11 is 6.20. The van der Waals surface area contributed by atoms with E-state index in [-0.39, 0.29) is 5.91 Å². The van der Waals surface area contributed by atoms with Crippen molar-refractivity contribution < 1.29 is 4.79 Å². The van der Waals surface area contributed by atoms with E-state index in [4.69, 9.17) is 11.6 Å². The summed E-state index contributed by atoms with van der Waals surface area (Å²) in [6.45, 7) is 1.80. The first-order valence-corrected chi connectivity index (χ1v) is 6.76. The molecule has 104 valence electrons. The van der Waals surface area contributed by atoms with Crippen molar-refractivity contribution >= 4 is 23.2 Å². The van der Waals surface area contributed by atoms with Crippen LogP contribution in [0, 0.1) is 5.92 Å². The quantitative estimate of drug-likeness (QED) is 0.895. The van der Waals surface area contributed by atoms with Crippen molar-refractivity contribution in [2.24, 2.45) is 5.92 Å². The standard InChI is InChI=1S/C13H14ClN5O/c14-10-2-1-3-11(13(10)19-8-16-7-17-19)18-12(20)4-9-5-15-6-9/h1-3,7-9,15H,4-6H2,(H,18,20). The molecule has 1 amide bonds. The Balaban J connectivity index is 1.82. The van der Waals surface area contributed by atoms with E-state index in [2.05, 4.69) is 20.7 Å². The zero-order valence-corrected chi connectivity index (χ0v) is 11.5. The van der Waals surface area contributed by atoms with Gasteiger partial charge in [-0.2, -0.15) is 5.10 Å². The van der Waals surface area contributed by atoms with Crippen LogP contribution in [0.4, 0.5) is 5.69 Å². The van der Waals surface area contributed by atoms with E-state index in [1.807, 2.05) is 0 Å². The van der Waals surface area contributed by atoms with E-state index in [9.17, 15) is 4.79 Å². The maximum absolute atomic E-state index is 12.0. The van der Waals surface area contributed by atoms with E-state index < -0.39 is 0 Å². The highest BCUT2D eigenvalue weighted by Crippen LogP contribution is 2.28. The summed E-state index contributed by atoms with van der Waals surface area (Å²) in [4.78, 5) is 15.9. The fraction of sp³-hybridized carbons (Fsp3) is 0.308. The van der Waals surface area contributed by atoms with Gasteiger partial charge in [-0.3, -0.25) is 4.79 Å². The van der Waals surface area contributed by atoms with Gasteiger partial charge in [-0.15, -0.1) is 0 Å². The van der Waals surface area contributed by atoms with Crippen LogP contribution in [0.1, 0.15) is 6.42 Å². The van der Waals surface area contributed by atoms with Gasteiger partial charge >= 0.3 is 0 Å². The van der Waals surface area contributed by atoms with Crippen LogP contribution in [0.25, 0.3) is 5.69 Å². The third-order valence-corrected chi connectivity index (χ3v) is 3.55. The monoisotopic (exact) mass is 291 g/mol. The molecule has 1 aromatic heterocycles. The minimum atomic E-state index is -0.0138. The number of nitrogens with zero attached hydrogens (tertiary/aromatic N) is 3. The van der Waals surface area contributed by atoms with E-state index in [1.54, 1.807) is 29.2 Å². The highest BCUT2D eigenvalue weighted by atomic mass is 35.5. The molecule has 0 saturated carbocycles. The Kier molecular flexibility index (Phi) is 3.66. The van der Waals surface area contributed by atoms with Crippen LogP contribution in [0.15, 0.2) is 30.9 Å². The number of carbonyl (C=O) groups is 1. The number of hydrogen-bond donors (Lipinski definition) is 2. The van der Waals surface area contributed by atoms with Gasteiger partial charge in [0.25, 0.3) is 0 Å². The zero-order valence-electron chi connectivity index (χ0n) is 10.7. The Morgan fingerprint density at radius 1 is 1.50 bits per heavy atom. The van der Waals surface area contributed by atoms with E-state index in [1.165, 1.54) is 6.33 Å². The molecule has 0 atom stereocenters. The van der Waals surface area contributed by atoms with Crippen LogP contribution in [0.3, 0.4) is 0 Å². The molecule has 0 spiro atoms. The fourth-order valence-electron chi connectivity index (χ4n) is 2.13. The van der Waals surface area contributed by atoms with Gasteiger partial charge in [0.15, 0.2) is 0 Å². The Morgan fingerprint density at radius 3 is 3.00 bits per heavy atom. The van der Waals surface area contributed by atoms with Gasteiger partial charge in [0, 0.05) is 6.42 Å². The maximum atomic E-state index is 12.0. The normalized spacial score (nSPS) is 14.8. The summed E-state index contributed by atoms with van der Waals surface area (Å²) in [5, 5.41) is 10.6. The molecule has 1 aliphatic rings. The van der Waals surface area contributed by atoms with Crippen molar-refractivity contribution in [2.45, 2.75) is 6.42 Å². The van der Waals surface area contributed by atoms with Crippen LogP contribution >= 0.6 is 11.6 Å². The largest absolute Gasteiger partial charge is 0.324 e. The second-order valence-electron chi connectivity index (χ2n) is 4.75. The van der Waals surface area contributed by atoms with Crippen LogP contribution in [0.5, 0.6) is 0 Å². The molecule has 2 aromatic rings. The number of carbonyl (C=O) groups excluding carboxylic acids is 1. The molecule has 7 heteroatoms. The first kappa shape index (κ1) is 13.1. The molecule has 2 N–H and O–H groups in total. The number of benzene rings is 1. The third-order valence-electron chi connectivity index (χ3n) is 3.25. The maximum Gasteiger partial charge on any atom is 0.224 e. The Morgan fingerprint density at radius 2 is 2.35 bits per heavy atom. The second-order valence-corrected chi connectivity index (χ2v) is 5.16. The molecule has 1 saturated heterocycles. The van der Waals surface area contributed by atoms with Crippen molar-refractivity contribution in [1.29, 1.82) is 0 Å². The minimum absolute atomic E-state index is 0.0138. The fourth-order valence-corrected chi connectivity index (χ4v) is 2.39. The average molecular weight is 292 g/mol. The summed E-state index contributed by atoms with van der Waals surface area (Å²) in [5.41, 5.74) is 1.27. The topological polar surface area (TPSA) is 71.8 Å². The molecule has 2 heterocycles. The number of halogens is 1. The lowest BCUT2D eigenvalue weighted by atomic mass is 9.99. The third kappa shape index (κ3) is 2.66.